The van der Waals surface area contributed by atoms with Crippen molar-refractivity contribution in [3.8, 4) is 0 Å². The summed E-state index contributed by atoms with van der Waals surface area (Å²) in [5.74, 6) is 0. The van der Waals surface area contributed by atoms with Gasteiger partial charge >= 0.3 is 7.12 Å². The molecule has 4 aromatic rings. The van der Waals surface area contributed by atoms with E-state index in [1.165, 1.54) is 0 Å². The highest BCUT2D eigenvalue weighted by Crippen LogP contribution is 2.36. The zero-order chi connectivity index (χ0) is 18.8. The monoisotopic (exact) mass is 356 g/mol. The number of fused-ring (bicyclic) bond motifs is 5. The SMILES string of the molecule is CC1(C)OB(c2ccc3ccc4ccc5cccnc5c4c3n2)OC1(C)C. The fourth-order valence-corrected chi connectivity index (χ4v) is 3.64. The van der Waals surface area contributed by atoms with Gasteiger partial charge in [0, 0.05) is 22.4 Å². The third-order valence-corrected chi connectivity index (χ3v) is 5.93. The fourth-order valence-electron chi connectivity index (χ4n) is 3.64. The Balaban J connectivity index is 1.76. The van der Waals surface area contributed by atoms with Crippen molar-refractivity contribution in [1.29, 1.82) is 0 Å². The molecule has 4 nitrogen and oxygen atoms in total. The molecule has 0 unspecified atom stereocenters. The van der Waals surface area contributed by atoms with E-state index in [0.717, 1.165) is 38.2 Å². The Morgan fingerprint density at radius 1 is 0.741 bits per heavy atom. The van der Waals surface area contributed by atoms with Crippen LogP contribution >= 0.6 is 0 Å². The molecule has 1 fully saturated rings. The third-order valence-electron chi connectivity index (χ3n) is 5.93. The van der Waals surface area contributed by atoms with Crippen LogP contribution < -0.4 is 5.59 Å². The predicted molar refractivity (Wildman–Crippen MR) is 110 cm³/mol. The summed E-state index contributed by atoms with van der Waals surface area (Å²) in [6.07, 6.45) is 1.83. The molecule has 5 rings (SSSR count). The summed E-state index contributed by atoms with van der Waals surface area (Å²) >= 11 is 0. The normalized spacial score (nSPS) is 18.6. The molecule has 134 valence electrons. The lowest BCUT2D eigenvalue weighted by Crippen LogP contribution is -2.41. The first-order valence-electron chi connectivity index (χ1n) is 9.28. The van der Waals surface area contributed by atoms with Gasteiger partial charge in [-0.25, -0.2) is 0 Å². The van der Waals surface area contributed by atoms with Crippen LogP contribution in [-0.4, -0.2) is 28.3 Å². The summed E-state index contributed by atoms with van der Waals surface area (Å²) in [5.41, 5.74) is 1.92. The Kier molecular flexibility index (Phi) is 3.40. The van der Waals surface area contributed by atoms with Gasteiger partial charge in [0.1, 0.15) is 0 Å². The summed E-state index contributed by atoms with van der Waals surface area (Å²) in [5, 5.41) is 4.40. The van der Waals surface area contributed by atoms with Crippen molar-refractivity contribution >= 4 is 45.3 Å². The molecule has 0 radical (unpaired) electrons. The number of pyridine rings is 2. The summed E-state index contributed by atoms with van der Waals surface area (Å²) in [6, 6.07) is 16.6. The van der Waals surface area contributed by atoms with Crippen molar-refractivity contribution in [2.45, 2.75) is 38.9 Å². The van der Waals surface area contributed by atoms with E-state index in [2.05, 4.69) is 69.1 Å². The van der Waals surface area contributed by atoms with Crippen LogP contribution in [0.1, 0.15) is 27.7 Å². The predicted octanol–water partition coefficient (Wildman–Crippen LogP) is 4.24. The number of aromatic nitrogens is 2. The van der Waals surface area contributed by atoms with Crippen LogP contribution in [0.5, 0.6) is 0 Å². The van der Waals surface area contributed by atoms with Crippen LogP contribution in [-0.2, 0) is 9.31 Å². The topological polar surface area (TPSA) is 44.2 Å². The molecule has 2 aromatic heterocycles. The average Bonchev–Trinajstić information content (AvgIpc) is 2.88. The van der Waals surface area contributed by atoms with Crippen molar-refractivity contribution < 1.29 is 9.31 Å². The Bertz CT molecular complexity index is 1180. The molecular formula is C22H21BN2O2. The summed E-state index contributed by atoms with van der Waals surface area (Å²) in [6.45, 7) is 8.23. The minimum atomic E-state index is -0.474. The molecular weight excluding hydrogens is 335 g/mol. The second kappa shape index (κ2) is 5.50. The molecule has 1 aliphatic heterocycles. The maximum absolute atomic E-state index is 6.20. The number of hydrogen-bond acceptors (Lipinski definition) is 4. The first-order valence-corrected chi connectivity index (χ1v) is 9.28. The van der Waals surface area contributed by atoms with Crippen LogP contribution in [0.3, 0.4) is 0 Å². The third kappa shape index (κ3) is 2.46. The van der Waals surface area contributed by atoms with Crippen LogP contribution in [0.4, 0.5) is 0 Å². The molecule has 3 heterocycles. The van der Waals surface area contributed by atoms with Crippen molar-refractivity contribution in [3.63, 3.8) is 0 Å². The largest absolute Gasteiger partial charge is 0.514 e. The maximum Gasteiger partial charge on any atom is 0.514 e. The van der Waals surface area contributed by atoms with E-state index in [1.54, 1.807) is 0 Å². The van der Waals surface area contributed by atoms with Crippen LogP contribution in [0, 0.1) is 0 Å². The standard InChI is InChI=1S/C22H21BN2O2/c1-21(2)22(3,4)27-23(26-21)17-12-11-16-10-8-14-7-9-15-6-5-13-24-19(15)18(14)20(16)25-17/h5-13H,1-4H3. The Hall–Kier alpha value is -2.50. The average molecular weight is 356 g/mol. The molecule has 1 saturated heterocycles. The number of nitrogens with zero attached hydrogens (tertiary/aromatic N) is 2. The molecule has 0 saturated carbocycles. The fraction of sp³-hybridized carbons (Fsp3) is 0.273. The lowest BCUT2D eigenvalue weighted by atomic mass is 9.83. The van der Waals surface area contributed by atoms with Gasteiger partial charge < -0.3 is 9.31 Å². The van der Waals surface area contributed by atoms with Crippen molar-refractivity contribution in [3.05, 3.63) is 54.7 Å². The van der Waals surface area contributed by atoms with Crippen molar-refractivity contribution in [2.24, 2.45) is 0 Å². The highest BCUT2D eigenvalue weighted by Gasteiger charge is 2.52. The van der Waals surface area contributed by atoms with E-state index in [0.29, 0.717) is 0 Å². The van der Waals surface area contributed by atoms with Gasteiger partial charge in [-0.2, -0.15) is 0 Å². The molecule has 2 aromatic carbocycles. The summed E-state index contributed by atoms with van der Waals surface area (Å²) < 4.78 is 12.4. The number of hydrogen-bond donors (Lipinski definition) is 0. The molecule has 0 bridgehead atoms. The Labute approximate surface area is 158 Å². The smallest absolute Gasteiger partial charge is 0.398 e. The van der Waals surface area contributed by atoms with E-state index in [1.807, 2.05) is 18.3 Å². The van der Waals surface area contributed by atoms with Gasteiger partial charge in [-0.15, -0.1) is 0 Å². The van der Waals surface area contributed by atoms with Gasteiger partial charge in [-0.05, 0) is 45.2 Å². The van der Waals surface area contributed by atoms with Crippen LogP contribution in [0.15, 0.2) is 54.7 Å². The van der Waals surface area contributed by atoms with Crippen molar-refractivity contribution in [1.82, 2.24) is 9.97 Å². The minimum Gasteiger partial charge on any atom is -0.398 e. The van der Waals surface area contributed by atoms with Gasteiger partial charge in [0.05, 0.1) is 27.8 Å². The van der Waals surface area contributed by atoms with E-state index < -0.39 is 7.12 Å². The van der Waals surface area contributed by atoms with Gasteiger partial charge in [-0.1, -0.05) is 36.4 Å². The second-order valence-electron chi connectivity index (χ2n) is 8.20. The molecule has 5 heteroatoms. The summed E-state index contributed by atoms with van der Waals surface area (Å²) in [7, 11) is -0.474. The van der Waals surface area contributed by atoms with E-state index in [-0.39, 0.29) is 11.2 Å². The van der Waals surface area contributed by atoms with Crippen LogP contribution in [0.25, 0.3) is 32.6 Å². The number of benzene rings is 2. The maximum atomic E-state index is 6.20. The van der Waals surface area contributed by atoms with E-state index in [9.17, 15) is 0 Å². The quantitative estimate of drug-likeness (QED) is 0.378. The van der Waals surface area contributed by atoms with Gasteiger partial charge in [0.2, 0.25) is 0 Å². The molecule has 1 aliphatic rings. The van der Waals surface area contributed by atoms with Crippen LogP contribution in [0.2, 0.25) is 0 Å². The zero-order valence-electron chi connectivity index (χ0n) is 16.0. The molecule has 0 amide bonds. The molecule has 0 N–H and O–H groups in total. The Morgan fingerprint density at radius 3 is 2.04 bits per heavy atom. The van der Waals surface area contributed by atoms with E-state index in [4.69, 9.17) is 14.3 Å². The molecule has 0 spiro atoms. The van der Waals surface area contributed by atoms with Gasteiger partial charge in [-0.3, -0.25) is 9.97 Å². The Morgan fingerprint density at radius 2 is 1.33 bits per heavy atom. The van der Waals surface area contributed by atoms with Gasteiger partial charge in [0.15, 0.2) is 0 Å². The van der Waals surface area contributed by atoms with Crippen molar-refractivity contribution in [2.75, 3.05) is 0 Å². The highest BCUT2D eigenvalue weighted by molar-refractivity contribution is 6.61. The van der Waals surface area contributed by atoms with Gasteiger partial charge in [0.25, 0.3) is 0 Å². The first kappa shape index (κ1) is 16.7. The van der Waals surface area contributed by atoms with E-state index >= 15 is 0 Å². The number of rotatable bonds is 1. The molecule has 0 atom stereocenters. The zero-order valence-corrected chi connectivity index (χ0v) is 16.0. The molecule has 0 aliphatic carbocycles. The molecule has 27 heavy (non-hydrogen) atoms. The second-order valence-corrected chi connectivity index (χ2v) is 8.20. The summed E-state index contributed by atoms with van der Waals surface area (Å²) in [4.78, 5) is 9.61. The lowest BCUT2D eigenvalue weighted by molar-refractivity contribution is 0.00578. The first-order chi connectivity index (χ1) is 12.9. The highest BCUT2D eigenvalue weighted by atomic mass is 16.7. The minimum absolute atomic E-state index is 0.388. The lowest BCUT2D eigenvalue weighted by Gasteiger charge is -2.32.